The van der Waals surface area contributed by atoms with E-state index in [1.807, 2.05) is 24.7 Å². The summed E-state index contributed by atoms with van der Waals surface area (Å²) in [5, 5.41) is 12.7. The Morgan fingerprint density at radius 2 is 2.14 bits per heavy atom. The molecule has 0 saturated carbocycles. The van der Waals surface area contributed by atoms with Crippen LogP contribution < -0.4 is 10.1 Å². The number of nitrogens with zero attached hydrogens (tertiary/aromatic N) is 4. The second-order valence-corrected chi connectivity index (χ2v) is 7.57. The second-order valence-electron chi connectivity index (χ2n) is 7.19. The van der Waals surface area contributed by atoms with Gasteiger partial charge in [-0.3, -0.25) is 10.1 Å². The normalized spacial score (nSPS) is 17.6. The number of ether oxygens (including phenoxy) is 1. The van der Waals surface area contributed by atoms with E-state index in [0.29, 0.717) is 35.6 Å². The Hall–Kier alpha value is -2.58. The number of guanidine groups is 1. The van der Waals surface area contributed by atoms with E-state index in [1.165, 1.54) is 0 Å². The van der Waals surface area contributed by atoms with E-state index >= 15 is 0 Å². The number of amides is 1. The van der Waals surface area contributed by atoms with Gasteiger partial charge >= 0.3 is 0 Å². The third-order valence-corrected chi connectivity index (χ3v) is 5.64. The van der Waals surface area contributed by atoms with E-state index in [-0.39, 0.29) is 12.5 Å². The van der Waals surface area contributed by atoms with Crippen LogP contribution in [0.25, 0.3) is 0 Å². The molecule has 3 heterocycles. The van der Waals surface area contributed by atoms with Crippen molar-refractivity contribution in [1.82, 2.24) is 19.8 Å². The van der Waals surface area contributed by atoms with Crippen LogP contribution in [-0.2, 0) is 17.9 Å². The molecule has 1 saturated heterocycles. The lowest BCUT2D eigenvalue weighted by molar-refractivity contribution is -0.122. The number of hydrogen-bond acceptors (Lipinski definition) is 6. The highest BCUT2D eigenvalue weighted by Gasteiger charge is 2.39. The monoisotopic (exact) mass is 417 g/mol. The number of aliphatic hydroxyl groups is 1. The minimum absolute atomic E-state index is 0.250. The second kappa shape index (κ2) is 8.84. The van der Waals surface area contributed by atoms with Crippen LogP contribution in [-0.4, -0.2) is 50.7 Å². The first kappa shape index (κ1) is 19.7. The number of aliphatic imine (C=N–C) groups is 1. The van der Waals surface area contributed by atoms with Gasteiger partial charge in [-0.25, -0.2) is 9.98 Å². The average Bonchev–Trinajstić information content (AvgIpc) is 3.34. The summed E-state index contributed by atoms with van der Waals surface area (Å²) < 4.78 is 7.98. The predicted octanol–water partition coefficient (Wildman–Crippen LogP) is 2.47. The minimum atomic E-state index is -0.634. The summed E-state index contributed by atoms with van der Waals surface area (Å²) in [7, 11) is 0. The van der Waals surface area contributed by atoms with Crippen molar-refractivity contribution in [2.24, 2.45) is 4.99 Å². The fourth-order valence-corrected chi connectivity index (χ4v) is 3.88. The first-order valence-electron chi connectivity index (χ1n) is 9.84. The van der Waals surface area contributed by atoms with Crippen molar-refractivity contribution >= 4 is 29.2 Å². The van der Waals surface area contributed by atoms with Gasteiger partial charge in [-0.15, -0.1) is 0 Å². The number of nitrogens with one attached hydrogen (secondary N) is 1. The van der Waals surface area contributed by atoms with E-state index in [1.54, 1.807) is 11.1 Å². The molecule has 0 spiro atoms. The number of imidazole rings is 1. The number of aromatic nitrogens is 2. The van der Waals surface area contributed by atoms with Crippen molar-refractivity contribution in [3.8, 4) is 5.75 Å². The van der Waals surface area contributed by atoms with Crippen LogP contribution >= 0.6 is 11.6 Å². The molecule has 154 valence electrons. The summed E-state index contributed by atoms with van der Waals surface area (Å²) in [6.07, 6.45) is 9.91. The number of fused-ring (bicyclic) bond motifs is 2. The van der Waals surface area contributed by atoms with Crippen molar-refractivity contribution in [3.05, 3.63) is 41.4 Å². The minimum Gasteiger partial charge on any atom is -0.492 e. The number of aryl methyl sites for hydroxylation is 1. The van der Waals surface area contributed by atoms with E-state index in [4.69, 9.17) is 16.3 Å². The lowest BCUT2D eigenvalue weighted by Crippen LogP contribution is -2.39. The summed E-state index contributed by atoms with van der Waals surface area (Å²) in [4.78, 5) is 22.2. The van der Waals surface area contributed by atoms with Gasteiger partial charge in [-0.1, -0.05) is 24.4 Å². The highest BCUT2D eigenvalue weighted by Crippen LogP contribution is 2.39. The van der Waals surface area contributed by atoms with Crippen molar-refractivity contribution in [3.63, 3.8) is 0 Å². The summed E-state index contributed by atoms with van der Waals surface area (Å²) >= 11 is 6.57. The fraction of sp³-hybridized carbons (Fsp3) is 0.450. The van der Waals surface area contributed by atoms with Gasteiger partial charge in [-0.05, 0) is 25.0 Å². The number of rotatable bonds is 9. The zero-order valence-electron chi connectivity index (χ0n) is 16.1. The maximum absolute atomic E-state index is 11.9. The van der Waals surface area contributed by atoms with E-state index in [0.717, 1.165) is 37.8 Å². The maximum Gasteiger partial charge on any atom is 0.251 e. The number of unbranched alkanes of at least 4 members (excludes halogenated alkanes) is 3. The van der Waals surface area contributed by atoms with Crippen LogP contribution in [0.15, 0.2) is 35.8 Å². The molecule has 0 radical (unpaired) electrons. The molecule has 2 aromatic rings. The van der Waals surface area contributed by atoms with E-state index < -0.39 is 6.04 Å². The molecule has 0 aliphatic carbocycles. The highest BCUT2D eigenvalue weighted by atomic mass is 35.5. The zero-order chi connectivity index (χ0) is 20.2. The van der Waals surface area contributed by atoms with Gasteiger partial charge < -0.3 is 19.3 Å². The third kappa shape index (κ3) is 4.23. The zero-order valence-corrected chi connectivity index (χ0v) is 16.8. The van der Waals surface area contributed by atoms with Gasteiger partial charge in [0.1, 0.15) is 11.8 Å². The molecule has 9 heteroatoms. The first-order valence-corrected chi connectivity index (χ1v) is 10.2. The number of aliphatic hydroxyl groups excluding tert-OH is 1. The molecule has 29 heavy (non-hydrogen) atoms. The topological polar surface area (TPSA) is 92.0 Å². The number of hydrogen-bond donors (Lipinski definition) is 2. The predicted molar refractivity (Wildman–Crippen MR) is 109 cm³/mol. The average molecular weight is 418 g/mol. The summed E-state index contributed by atoms with van der Waals surface area (Å²) in [5.74, 6) is 0.836. The fourth-order valence-electron chi connectivity index (χ4n) is 3.60. The summed E-state index contributed by atoms with van der Waals surface area (Å²) in [5.41, 5.74) is 1.52. The Kier molecular flexibility index (Phi) is 6.01. The third-order valence-electron chi connectivity index (χ3n) is 5.22. The van der Waals surface area contributed by atoms with Crippen LogP contribution in [0.4, 0.5) is 5.69 Å². The Morgan fingerprint density at radius 1 is 1.28 bits per heavy atom. The number of carbonyl (C=O) groups is 1. The van der Waals surface area contributed by atoms with Crippen LogP contribution in [0.5, 0.6) is 5.75 Å². The molecule has 2 aliphatic heterocycles. The summed E-state index contributed by atoms with van der Waals surface area (Å²) in [6.45, 7) is 1.72. The van der Waals surface area contributed by atoms with E-state index in [9.17, 15) is 9.90 Å². The molecule has 1 amide bonds. The molecule has 1 aromatic heterocycles. The molecule has 0 bridgehead atoms. The molecule has 1 fully saturated rings. The quantitative estimate of drug-likeness (QED) is 0.611. The molecule has 4 rings (SSSR count). The van der Waals surface area contributed by atoms with Gasteiger partial charge in [0, 0.05) is 24.5 Å². The molecule has 8 nitrogen and oxygen atoms in total. The number of carbonyl (C=O) groups excluding carboxylic acids is 1. The van der Waals surface area contributed by atoms with E-state index in [2.05, 4.69) is 19.9 Å². The number of halogens is 1. The van der Waals surface area contributed by atoms with Gasteiger partial charge in [0.2, 0.25) is 5.96 Å². The molecule has 2 aliphatic rings. The van der Waals surface area contributed by atoms with Crippen LogP contribution in [0.3, 0.4) is 0 Å². The van der Waals surface area contributed by atoms with Crippen LogP contribution in [0.1, 0.15) is 31.2 Å². The van der Waals surface area contributed by atoms with Crippen molar-refractivity contribution in [1.29, 1.82) is 0 Å². The first-order chi connectivity index (χ1) is 14.2. The van der Waals surface area contributed by atoms with Gasteiger partial charge in [0.25, 0.3) is 5.91 Å². The van der Waals surface area contributed by atoms with Gasteiger partial charge in [-0.2, -0.15) is 0 Å². The summed E-state index contributed by atoms with van der Waals surface area (Å²) in [6, 6.07) is 3.04. The molecule has 1 unspecified atom stereocenters. The van der Waals surface area contributed by atoms with Crippen LogP contribution in [0.2, 0.25) is 5.02 Å². The molecular weight excluding hydrogens is 394 g/mol. The molecular formula is C20H24ClN5O3. The van der Waals surface area contributed by atoms with Crippen LogP contribution in [0, 0.1) is 0 Å². The number of benzene rings is 1. The highest BCUT2D eigenvalue weighted by molar-refractivity contribution is 6.33. The largest absolute Gasteiger partial charge is 0.492 e. The Morgan fingerprint density at radius 3 is 2.93 bits per heavy atom. The Balaban J connectivity index is 1.28. The smallest absolute Gasteiger partial charge is 0.251 e. The van der Waals surface area contributed by atoms with Crippen molar-refractivity contribution in [2.75, 3.05) is 13.2 Å². The Labute approximate surface area is 174 Å². The Bertz CT molecular complexity index is 900. The van der Waals surface area contributed by atoms with Crippen molar-refractivity contribution < 1.29 is 14.6 Å². The SMILES string of the molecule is O=C1NC2=Nc3ccc(OCCCCCCn4ccnc4)c(Cl)c3CN2C1CO. The molecule has 1 aromatic carbocycles. The standard InChI is InChI=1S/C20H24ClN5O3/c21-18-14-11-26-16(12-27)19(28)24-20(26)23-15(14)5-6-17(18)29-10-4-2-1-3-8-25-9-7-22-13-25/h5-7,9,13,16,27H,1-4,8,10-12H2,(H,23,24,28). The lowest BCUT2D eigenvalue weighted by Gasteiger charge is -2.28. The van der Waals surface area contributed by atoms with Gasteiger partial charge in [0.05, 0.1) is 36.8 Å². The molecule has 2 N–H and O–H groups in total. The lowest BCUT2D eigenvalue weighted by atomic mass is 10.1. The van der Waals surface area contributed by atoms with Crippen molar-refractivity contribution in [2.45, 2.75) is 44.8 Å². The molecule has 1 atom stereocenters. The van der Waals surface area contributed by atoms with Gasteiger partial charge in [0.15, 0.2) is 0 Å². The maximum atomic E-state index is 11.9.